The minimum absolute atomic E-state index is 0.572. The van der Waals surface area contributed by atoms with Gasteiger partial charge in [0.25, 0.3) is 0 Å². The van der Waals surface area contributed by atoms with Crippen LogP contribution in [0.1, 0.15) is 42.0 Å². The van der Waals surface area contributed by atoms with E-state index in [1.165, 1.54) is 0 Å². The van der Waals surface area contributed by atoms with Gasteiger partial charge in [0, 0.05) is 16.7 Å². The summed E-state index contributed by atoms with van der Waals surface area (Å²) in [6, 6.07) is -2.13. The zero-order valence-electron chi connectivity index (χ0n) is 14.4. The summed E-state index contributed by atoms with van der Waals surface area (Å²) in [6.07, 6.45) is -20.1. The number of alkyl halides is 15. The normalized spacial score (nSPS) is 15.1. The molecule has 0 saturated carbocycles. The van der Waals surface area contributed by atoms with Gasteiger partial charge >= 0.3 is 36.3 Å². The van der Waals surface area contributed by atoms with E-state index in [0.29, 0.717) is 13.8 Å². The topological polar surface area (TPSA) is 0 Å². The number of benzene rings is 1. The second kappa shape index (κ2) is 7.11. The highest BCUT2D eigenvalue weighted by atomic mass is 19.4. The van der Waals surface area contributed by atoms with Crippen LogP contribution in [-0.2, 0) is 17.8 Å². The molecule has 0 amide bonds. The van der Waals surface area contributed by atoms with Gasteiger partial charge in [0.2, 0.25) is 0 Å². The minimum Gasteiger partial charge on any atom is -0.191 e. The minimum atomic E-state index is -6.71. The first kappa shape index (κ1) is 26.2. The number of hydrogen-bond acceptors (Lipinski definition) is 0. The fourth-order valence-corrected chi connectivity index (χ4v) is 2.45. The van der Waals surface area contributed by atoms with Crippen molar-refractivity contribution in [1.29, 1.82) is 0 Å². The maximum absolute atomic E-state index is 13.8. The van der Waals surface area contributed by atoms with E-state index >= 15 is 0 Å². The molecule has 1 aromatic carbocycles. The molecule has 0 heterocycles. The predicted molar refractivity (Wildman–Crippen MR) is 70.4 cm³/mol. The summed E-state index contributed by atoms with van der Waals surface area (Å²) in [5.41, 5.74) is -10.7. The third-order valence-electron chi connectivity index (χ3n) is 3.86. The fraction of sp³-hybridized carbons (Fsp3) is 0.600. The van der Waals surface area contributed by atoms with Crippen LogP contribution in [0.3, 0.4) is 0 Å². The summed E-state index contributed by atoms with van der Waals surface area (Å²) in [6.45, 7) is 1.14. The van der Waals surface area contributed by atoms with Crippen molar-refractivity contribution in [3.05, 3.63) is 34.4 Å². The van der Waals surface area contributed by atoms with Crippen LogP contribution in [0.5, 0.6) is 0 Å². The van der Waals surface area contributed by atoms with E-state index in [2.05, 4.69) is 0 Å². The first-order valence-electron chi connectivity index (χ1n) is 7.43. The monoisotopic (exact) mass is 474 g/mol. The zero-order valence-corrected chi connectivity index (χ0v) is 14.4. The van der Waals surface area contributed by atoms with E-state index < -0.39 is 76.6 Å². The Kier molecular flexibility index (Phi) is 6.21. The maximum atomic E-state index is 13.8. The average Bonchev–Trinajstić information content (AvgIpc) is 2.49. The van der Waals surface area contributed by atoms with Gasteiger partial charge in [-0.2, -0.15) is 65.9 Å². The fourth-order valence-electron chi connectivity index (χ4n) is 2.45. The first-order valence-corrected chi connectivity index (χ1v) is 7.43. The van der Waals surface area contributed by atoms with Crippen LogP contribution in [0, 0.1) is 0 Å². The molecule has 0 spiro atoms. The first-order chi connectivity index (χ1) is 12.9. The molecule has 15 heteroatoms. The summed E-state index contributed by atoms with van der Waals surface area (Å²) < 4.78 is 196. The number of rotatable bonds is 4. The Balaban J connectivity index is 4.26. The van der Waals surface area contributed by atoms with Crippen LogP contribution < -0.4 is 0 Å². The lowest BCUT2D eigenvalue weighted by Gasteiger charge is -2.31. The molecule has 0 aromatic heterocycles. The van der Waals surface area contributed by atoms with Gasteiger partial charge in [-0.15, -0.1) is 0 Å². The molecule has 0 N–H and O–H groups in total. The van der Waals surface area contributed by atoms with Crippen molar-refractivity contribution in [3.63, 3.8) is 0 Å². The maximum Gasteiger partial charge on any atom is 0.458 e. The largest absolute Gasteiger partial charge is 0.458 e. The van der Waals surface area contributed by atoms with Crippen LogP contribution in [-0.4, -0.2) is 18.5 Å². The van der Waals surface area contributed by atoms with Gasteiger partial charge in [-0.05, 0) is 23.6 Å². The van der Waals surface area contributed by atoms with Gasteiger partial charge in [-0.3, -0.25) is 0 Å². The van der Waals surface area contributed by atoms with E-state index in [4.69, 9.17) is 0 Å². The summed E-state index contributed by atoms with van der Waals surface area (Å²) in [5, 5.41) is 0. The quantitative estimate of drug-likeness (QED) is 0.391. The standard InChI is InChI=1S/C15H9F15/c1-5(2)9-7(11(18,19)14(25,26)27)3-6(10(16,17)13(22,23)24)4-8(9)12(20,21)15(28,29)30/h3-5H,1-2H3. The Morgan fingerprint density at radius 2 is 0.767 bits per heavy atom. The third kappa shape index (κ3) is 4.15. The van der Waals surface area contributed by atoms with Crippen molar-refractivity contribution in [1.82, 2.24) is 0 Å². The average molecular weight is 474 g/mol. The Hall–Kier alpha value is -1.83. The van der Waals surface area contributed by atoms with Crippen molar-refractivity contribution in [2.75, 3.05) is 0 Å². The molecule has 30 heavy (non-hydrogen) atoms. The Labute approximate surface area is 157 Å². The summed E-state index contributed by atoms with van der Waals surface area (Å²) in [4.78, 5) is 0. The Morgan fingerprint density at radius 3 is 0.967 bits per heavy atom. The highest BCUT2D eigenvalue weighted by Crippen LogP contribution is 2.54. The molecule has 0 bridgehead atoms. The van der Waals surface area contributed by atoms with Gasteiger partial charge in [-0.25, -0.2) is 0 Å². The van der Waals surface area contributed by atoms with Crippen molar-refractivity contribution in [3.8, 4) is 0 Å². The third-order valence-corrected chi connectivity index (χ3v) is 3.86. The smallest absolute Gasteiger partial charge is 0.191 e. The van der Waals surface area contributed by atoms with Crippen molar-refractivity contribution in [2.45, 2.75) is 56.1 Å². The van der Waals surface area contributed by atoms with Crippen LogP contribution in [0.2, 0.25) is 0 Å². The molecule has 0 radical (unpaired) electrons. The molecule has 174 valence electrons. The van der Waals surface area contributed by atoms with E-state index in [0.717, 1.165) is 0 Å². The van der Waals surface area contributed by atoms with Gasteiger partial charge in [0.1, 0.15) is 0 Å². The predicted octanol–water partition coefficient (Wildman–Crippen LogP) is 7.77. The number of hydrogen-bond donors (Lipinski definition) is 0. The molecular formula is C15H9F15. The summed E-state index contributed by atoms with van der Waals surface area (Å²) in [5.74, 6) is -21.0. The number of halogens is 15. The molecule has 0 atom stereocenters. The molecule has 0 aliphatic carbocycles. The van der Waals surface area contributed by atoms with Crippen molar-refractivity contribution < 1.29 is 65.9 Å². The zero-order chi connectivity index (χ0) is 24.3. The van der Waals surface area contributed by atoms with Crippen LogP contribution >= 0.6 is 0 Å². The molecule has 0 fully saturated rings. The SMILES string of the molecule is CC(C)c1c(C(F)(F)C(F)(F)F)cc(C(F)(F)C(F)(F)F)cc1C(F)(F)C(F)(F)F. The molecule has 1 aromatic rings. The Bertz CT molecular complexity index is 730. The molecular weight excluding hydrogens is 465 g/mol. The molecule has 0 saturated heterocycles. The van der Waals surface area contributed by atoms with Crippen molar-refractivity contribution in [2.24, 2.45) is 0 Å². The highest BCUT2D eigenvalue weighted by Gasteiger charge is 2.66. The summed E-state index contributed by atoms with van der Waals surface area (Å²) in [7, 11) is 0. The molecule has 0 unspecified atom stereocenters. The lowest BCUT2D eigenvalue weighted by molar-refractivity contribution is -0.295. The highest BCUT2D eigenvalue weighted by molar-refractivity contribution is 5.48. The van der Waals surface area contributed by atoms with Crippen LogP contribution in [0.25, 0.3) is 0 Å². The van der Waals surface area contributed by atoms with Gasteiger partial charge in [-0.1, -0.05) is 13.8 Å². The molecule has 1 rings (SSSR count). The second-order valence-electron chi connectivity index (χ2n) is 6.36. The van der Waals surface area contributed by atoms with Gasteiger partial charge in [0.15, 0.2) is 0 Å². The second-order valence-corrected chi connectivity index (χ2v) is 6.36. The van der Waals surface area contributed by atoms with Crippen LogP contribution in [0.4, 0.5) is 65.9 Å². The van der Waals surface area contributed by atoms with Crippen molar-refractivity contribution >= 4 is 0 Å². The summed E-state index contributed by atoms with van der Waals surface area (Å²) >= 11 is 0. The van der Waals surface area contributed by atoms with Crippen LogP contribution in [0.15, 0.2) is 12.1 Å². The van der Waals surface area contributed by atoms with Gasteiger partial charge < -0.3 is 0 Å². The van der Waals surface area contributed by atoms with E-state index in [1.807, 2.05) is 0 Å². The Morgan fingerprint density at radius 1 is 0.500 bits per heavy atom. The van der Waals surface area contributed by atoms with E-state index in [9.17, 15) is 65.9 Å². The molecule has 0 aliphatic rings. The molecule has 0 nitrogen and oxygen atoms in total. The van der Waals surface area contributed by atoms with E-state index in [1.54, 1.807) is 0 Å². The van der Waals surface area contributed by atoms with E-state index in [-0.39, 0.29) is 0 Å². The lowest BCUT2D eigenvalue weighted by atomic mass is 9.83. The van der Waals surface area contributed by atoms with Gasteiger partial charge in [0.05, 0.1) is 0 Å². The molecule has 0 aliphatic heterocycles. The lowest BCUT2D eigenvalue weighted by Crippen LogP contribution is -2.40.